The van der Waals surface area contributed by atoms with Crippen LogP contribution in [-0.4, -0.2) is 22.2 Å². The van der Waals surface area contributed by atoms with Crippen molar-refractivity contribution in [2.24, 2.45) is 5.92 Å². The van der Waals surface area contributed by atoms with Gasteiger partial charge in [-0.15, -0.1) is 0 Å². The van der Waals surface area contributed by atoms with Gasteiger partial charge in [-0.1, -0.05) is 43.6 Å². The molecule has 2 rings (SSSR count). The van der Waals surface area contributed by atoms with Crippen molar-refractivity contribution in [1.29, 1.82) is 0 Å². The Kier molecular flexibility index (Phi) is 5.83. The standard InChI is InChI=1S/C18H24ClN3O/c1-12(2)9-10-20-18(23)17-13(3)21-22(14(17)4)11-15-7-5-6-8-16(15)19/h5-8,12H,9-11H2,1-4H3,(H,20,23). The third-order valence-electron chi connectivity index (χ3n) is 3.89. The minimum Gasteiger partial charge on any atom is -0.352 e. The smallest absolute Gasteiger partial charge is 0.255 e. The van der Waals surface area contributed by atoms with E-state index in [9.17, 15) is 4.79 Å². The van der Waals surface area contributed by atoms with E-state index in [1.54, 1.807) is 0 Å². The maximum absolute atomic E-state index is 12.4. The van der Waals surface area contributed by atoms with E-state index in [2.05, 4.69) is 24.3 Å². The number of aromatic nitrogens is 2. The van der Waals surface area contributed by atoms with Gasteiger partial charge in [0, 0.05) is 17.3 Å². The van der Waals surface area contributed by atoms with E-state index in [1.807, 2.05) is 42.8 Å². The average Bonchev–Trinajstić information content (AvgIpc) is 2.75. The van der Waals surface area contributed by atoms with Crippen LogP contribution in [0.5, 0.6) is 0 Å². The summed E-state index contributed by atoms with van der Waals surface area (Å²) in [6, 6.07) is 7.69. The Bertz CT molecular complexity index is 692. The van der Waals surface area contributed by atoms with Gasteiger partial charge in [0.2, 0.25) is 0 Å². The molecule has 0 radical (unpaired) electrons. The van der Waals surface area contributed by atoms with Crippen LogP contribution in [0.25, 0.3) is 0 Å². The van der Waals surface area contributed by atoms with E-state index in [0.717, 1.165) is 23.4 Å². The van der Waals surface area contributed by atoms with Gasteiger partial charge in [-0.2, -0.15) is 5.10 Å². The number of rotatable bonds is 6. The van der Waals surface area contributed by atoms with Gasteiger partial charge < -0.3 is 5.32 Å². The molecule has 0 aliphatic carbocycles. The molecule has 1 aromatic heterocycles. The number of halogens is 1. The predicted octanol–water partition coefficient (Wildman–Crippen LogP) is 3.98. The average molecular weight is 334 g/mol. The predicted molar refractivity (Wildman–Crippen MR) is 94.0 cm³/mol. The number of carbonyl (C=O) groups is 1. The topological polar surface area (TPSA) is 46.9 Å². The van der Waals surface area contributed by atoms with Gasteiger partial charge in [-0.05, 0) is 37.8 Å². The molecule has 124 valence electrons. The molecule has 0 aliphatic heterocycles. The number of aryl methyl sites for hydroxylation is 1. The van der Waals surface area contributed by atoms with Crippen LogP contribution in [0.1, 0.15) is 47.6 Å². The molecule has 0 atom stereocenters. The van der Waals surface area contributed by atoms with Gasteiger partial charge in [-0.3, -0.25) is 9.48 Å². The fourth-order valence-corrected chi connectivity index (χ4v) is 2.73. The second-order valence-electron chi connectivity index (χ2n) is 6.23. The van der Waals surface area contributed by atoms with E-state index >= 15 is 0 Å². The van der Waals surface area contributed by atoms with Crippen molar-refractivity contribution < 1.29 is 4.79 Å². The van der Waals surface area contributed by atoms with Crippen molar-refractivity contribution in [2.75, 3.05) is 6.54 Å². The summed E-state index contributed by atoms with van der Waals surface area (Å²) >= 11 is 6.21. The monoisotopic (exact) mass is 333 g/mol. The summed E-state index contributed by atoms with van der Waals surface area (Å²) in [5, 5.41) is 8.20. The van der Waals surface area contributed by atoms with Crippen LogP contribution in [0.15, 0.2) is 24.3 Å². The Balaban J connectivity index is 2.16. The van der Waals surface area contributed by atoms with Crippen LogP contribution in [0.4, 0.5) is 0 Å². The van der Waals surface area contributed by atoms with Gasteiger partial charge in [0.05, 0.1) is 17.8 Å². The first-order valence-electron chi connectivity index (χ1n) is 7.95. The number of nitrogens with zero attached hydrogens (tertiary/aromatic N) is 2. The van der Waals surface area contributed by atoms with Crippen LogP contribution in [0.2, 0.25) is 5.02 Å². The molecular formula is C18H24ClN3O. The van der Waals surface area contributed by atoms with Gasteiger partial charge in [0.15, 0.2) is 0 Å². The molecule has 0 fully saturated rings. The van der Waals surface area contributed by atoms with Crippen molar-refractivity contribution in [3.8, 4) is 0 Å². The third-order valence-corrected chi connectivity index (χ3v) is 4.26. The molecule has 1 amide bonds. The number of hydrogen-bond donors (Lipinski definition) is 1. The van der Waals surface area contributed by atoms with Crippen LogP contribution in [0, 0.1) is 19.8 Å². The van der Waals surface area contributed by atoms with Crippen LogP contribution in [0.3, 0.4) is 0 Å². The normalized spacial score (nSPS) is 11.0. The lowest BCUT2D eigenvalue weighted by atomic mass is 10.1. The number of carbonyl (C=O) groups excluding carboxylic acids is 1. The van der Waals surface area contributed by atoms with Gasteiger partial charge >= 0.3 is 0 Å². The molecule has 4 nitrogen and oxygen atoms in total. The number of amides is 1. The Morgan fingerprint density at radius 2 is 2.00 bits per heavy atom. The Morgan fingerprint density at radius 3 is 2.65 bits per heavy atom. The Labute approximate surface area is 142 Å². The summed E-state index contributed by atoms with van der Waals surface area (Å²) < 4.78 is 1.84. The molecule has 23 heavy (non-hydrogen) atoms. The maximum atomic E-state index is 12.4. The van der Waals surface area contributed by atoms with Gasteiger partial charge in [0.25, 0.3) is 5.91 Å². The highest BCUT2D eigenvalue weighted by atomic mass is 35.5. The molecule has 0 aliphatic rings. The van der Waals surface area contributed by atoms with Gasteiger partial charge in [-0.25, -0.2) is 0 Å². The Hall–Kier alpha value is -1.81. The van der Waals surface area contributed by atoms with Crippen LogP contribution < -0.4 is 5.32 Å². The van der Waals surface area contributed by atoms with E-state index in [-0.39, 0.29) is 5.91 Å². The minimum absolute atomic E-state index is 0.0499. The van der Waals surface area contributed by atoms with Crippen molar-refractivity contribution in [2.45, 2.75) is 40.7 Å². The van der Waals surface area contributed by atoms with Gasteiger partial charge in [0.1, 0.15) is 0 Å². The quantitative estimate of drug-likeness (QED) is 0.869. The van der Waals surface area contributed by atoms with E-state index < -0.39 is 0 Å². The summed E-state index contributed by atoms with van der Waals surface area (Å²) in [7, 11) is 0. The SMILES string of the molecule is Cc1nn(Cc2ccccc2Cl)c(C)c1C(=O)NCCC(C)C. The number of hydrogen-bond acceptors (Lipinski definition) is 2. The van der Waals surface area contributed by atoms with Crippen LogP contribution >= 0.6 is 11.6 Å². The number of benzene rings is 1. The third kappa shape index (κ3) is 4.35. The van der Waals surface area contributed by atoms with E-state index in [0.29, 0.717) is 29.6 Å². The van der Waals surface area contributed by atoms with Crippen molar-refractivity contribution in [3.63, 3.8) is 0 Å². The highest BCUT2D eigenvalue weighted by Crippen LogP contribution is 2.19. The summed E-state index contributed by atoms with van der Waals surface area (Å²) in [4.78, 5) is 12.4. The first kappa shape index (κ1) is 17.5. The molecule has 1 N–H and O–H groups in total. The van der Waals surface area contributed by atoms with Crippen molar-refractivity contribution >= 4 is 17.5 Å². The first-order valence-corrected chi connectivity index (χ1v) is 8.33. The summed E-state index contributed by atoms with van der Waals surface area (Å²) in [6.45, 7) is 9.33. The Morgan fingerprint density at radius 1 is 1.30 bits per heavy atom. The molecule has 0 bridgehead atoms. The summed E-state index contributed by atoms with van der Waals surface area (Å²) in [5.41, 5.74) is 3.27. The van der Waals surface area contributed by atoms with Crippen LogP contribution in [-0.2, 0) is 6.54 Å². The lowest BCUT2D eigenvalue weighted by Gasteiger charge is -2.09. The molecule has 1 heterocycles. The van der Waals surface area contributed by atoms with Crippen molar-refractivity contribution in [1.82, 2.24) is 15.1 Å². The fraction of sp³-hybridized carbons (Fsp3) is 0.444. The maximum Gasteiger partial charge on any atom is 0.255 e. The zero-order chi connectivity index (χ0) is 17.0. The molecule has 5 heteroatoms. The molecular weight excluding hydrogens is 310 g/mol. The highest BCUT2D eigenvalue weighted by molar-refractivity contribution is 6.31. The van der Waals surface area contributed by atoms with E-state index in [4.69, 9.17) is 11.6 Å². The number of nitrogens with one attached hydrogen (secondary N) is 1. The zero-order valence-corrected chi connectivity index (χ0v) is 14.9. The largest absolute Gasteiger partial charge is 0.352 e. The lowest BCUT2D eigenvalue weighted by molar-refractivity contribution is 0.0950. The summed E-state index contributed by atoms with van der Waals surface area (Å²) in [5.74, 6) is 0.520. The molecule has 0 spiro atoms. The molecule has 1 aromatic carbocycles. The second kappa shape index (κ2) is 7.64. The molecule has 0 saturated carbocycles. The first-order chi connectivity index (χ1) is 10.9. The molecule has 0 saturated heterocycles. The lowest BCUT2D eigenvalue weighted by Crippen LogP contribution is -2.26. The minimum atomic E-state index is -0.0499. The molecule has 2 aromatic rings. The highest BCUT2D eigenvalue weighted by Gasteiger charge is 2.18. The van der Waals surface area contributed by atoms with E-state index in [1.165, 1.54) is 0 Å². The second-order valence-corrected chi connectivity index (χ2v) is 6.64. The fourth-order valence-electron chi connectivity index (χ4n) is 2.53. The zero-order valence-electron chi connectivity index (χ0n) is 14.2. The van der Waals surface area contributed by atoms with Crippen molar-refractivity contribution in [3.05, 3.63) is 51.8 Å². The molecule has 0 unspecified atom stereocenters. The summed E-state index contributed by atoms with van der Waals surface area (Å²) in [6.07, 6.45) is 0.970.